The van der Waals surface area contributed by atoms with E-state index in [4.69, 9.17) is 9.72 Å². The highest BCUT2D eigenvalue weighted by atomic mass is 32.2. The number of fused-ring (bicyclic) bond motifs is 1. The van der Waals surface area contributed by atoms with Gasteiger partial charge in [0.1, 0.15) is 5.75 Å². The molecule has 0 aliphatic rings. The summed E-state index contributed by atoms with van der Waals surface area (Å²) in [6.45, 7) is 5.07. The maximum absolute atomic E-state index is 5.73. The van der Waals surface area contributed by atoms with Crippen molar-refractivity contribution in [2.75, 3.05) is 12.4 Å². The molecule has 1 heterocycles. The van der Waals surface area contributed by atoms with Crippen molar-refractivity contribution in [2.24, 2.45) is 0 Å². The number of aryl methyl sites for hydroxylation is 2. The van der Waals surface area contributed by atoms with Crippen molar-refractivity contribution >= 4 is 22.7 Å². The van der Waals surface area contributed by atoms with Crippen molar-refractivity contribution in [3.63, 3.8) is 0 Å². The summed E-state index contributed by atoms with van der Waals surface area (Å²) in [6.07, 6.45) is 2.19. The highest BCUT2D eigenvalue weighted by Crippen LogP contribution is 2.26. The Kier molecular flexibility index (Phi) is 5.76. The van der Waals surface area contributed by atoms with Crippen LogP contribution < -0.4 is 4.74 Å². The number of pyridine rings is 1. The average Bonchev–Trinajstić information content (AvgIpc) is 2.60. The van der Waals surface area contributed by atoms with Crippen molar-refractivity contribution in [3.8, 4) is 5.75 Å². The molecule has 0 atom stereocenters. The van der Waals surface area contributed by atoms with Crippen molar-refractivity contribution in [1.29, 1.82) is 0 Å². The van der Waals surface area contributed by atoms with Crippen LogP contribution in [0.5, 0.6) is 5.75 Å². The Balaban J connectivity index is 1.48. The molecule has 3 aromatic rings. The van der Waals surface area contributed by atoms with Crippen molar-refractivity contribution in [3.05, 3.63) is 65.7 Å². The fraction of sp³-hybridized carbons (Fsp3) is 0.286. The quantitative estimate of drug-likeness (QED) is 0.401. The lowest BCUT2D eigenvalue weighted by Crippen LogP contribution is -1.98. The van der Waals surface area contributed by atoms with Gasteiger partial charge in [-0.2, -0.15) is 0 Å². The van der Waals surface area contributed by atoms with Gasteiger partial charge in [0.15, 0.2) is 0 Å². The zero-order valence-electron chi connectivity index (χ0n) is 14.3. The van der Waals surface area contributed by atoms with Gasteiger partial charge in [0.05, 0.1) is 17.1 Å². The second kappa shape index (κ2) is 8.20. The Morgan fingerprint density at radius 1 is 0.917 bits per heavy atom. The van der Waals surface area contributed by atoms with Crippen LogP contribution in [-0.2, 0) is 0 Å². The van der Waals surface area contributed by atoms with E-state index in [9.17, 15) is 0 Å². The van der Waals surface area contributed by atoms with Gasteiger partial charge >= 0.3 is 0 Å². The fourth-order valence-corrected chi connectivity index (χ4v) is 3.67. The predicted molar refractivity (Wildman–Crippen MR) is 103 cm³/mol. The van der Waals surface area contributed by atoms with E-state index in [2.05, 4.69) is 38.1 Å². The zero-order chi connectivity index (χ0) is 16.8. The molecule has 24 heavy (non-hydrogen) atoms. The van der Waals surface area contributed by atoms with Crippen LogP contribution in [0, 0.1) is 13.8 Å². The molecule has 0 radical (unpaired) electrons. The molecule has 3 rings (SSSR count). The Hall–Kier alpha value is -2.00. The first-order valence-electron chi connectivity index (χ1n) is 8.41. The third-order valence-corrected chi connectivity index (χ3v) is 5.02. The number of hydrogen-bond donors (Lipinski definition) is 0. The molecule has 0 saturated carbocycles. The molecule has 0 aliphatic carbocycles. The van der Waals surface area contributed by atoms with Gasteiger partial charge in [-0.1, -0.05) is 36.4 Å². The number of nitrogens with zero attached hydrogens (tertiary/aromatic N) is 1. The van der Waals surface area contributed by atoms with E-state index in [1.165, 1.54) is 16.5 Å². The first kappa shape index (κ1) is 16.8. The molecule has 3 heteroatoms. The molecule has 124 valence electrons. The number of ether oxygens (including phenoxy) is 1. The molecule has 0 aliphatic heterocycles. The third-order valence-electron chi connectivity index (χ3n) is 4.03. The molecule has 2 aromatic carbocycles. The summed E-state index contributed by atoms with van der Waals surface area (Å²) in [4.78, 5) is 4.83. The number of unbranched alkanes of at least 4 members (excludes halogenated alkanes) is 1. The maximum atomic E-state index is 5.73. The largest absolute Gasteiger partial charge is 0.494 e. The topological polar surface area (TPSA) is 22.1 Å². The van der Waals surface area contributed by atoms with Gasteiger partial charge in [-0.15, -0.1) is 11.8 Å². The molecule has 0 spiro atoms. The van der Waals surface area contributed by atoms with E-state index in [-0.39, 0.29) is 0 Å². The molecule has 0 fully saturated rings. The molecular formula is C21H23NOS. The Morgan fingerprint density at radius 2 is 1.75 bits per heavy atom. The summed E-state index contributed by atoms with van der Waals surface area (Å²) in [5, 5.41) is 2.38. The van der Waals surface area contributed by atoms with Gasteiger partial charge in [-0.3, -0.25) is 0 Å². The molecule has 2 nitrogen and oxygen atoms in total. The van der Waals surface area contributed by atoms with E-state index in [0.717, 1.165) is 41.5 Å². The van der Waals surface area contributed by atoms with Crippen molar-refractivity contribution < 1.29 is 4.74 Å². The normalized spacial score (nSPS) is 10.9. The summed E-state index contributed by atoms with van der Waals surface area (Å²) >= 11 is 1.84. The molecule has 1 aromatic heterocycles. The number of thioether (sulfide) groups is 1. The average molecular weight is 337 g/mol. The molecule has 0 bridgehead atoms. The molecule has 0 N–H and O–H groups in total. The SMILES string of the molecule is Cc1cc(SCCCCOc2ccccc2)nc2c(C)cccc12. The predicted octanol–water partition coefficient (Wildman–Crippen LogP) is 5.80. The second-order valence-electron chi connectivity index (χ2n) is 5.97. The second-order valence-corrected chi connectivity index (χ2v) is 7.08. The van der Waals surface area contributed by atoms with Crippen LogP contribution in [0.2, 0.25) is 0 Å². The number of para-hydroxylation sites is 2. The van der Waals surface area contributed by atoms with Crippen LogP contribution in [0.4, 0.5) is 0 Å². The standard InChI is InChI=1S/C21H23NOS/c1-16-9-8-12-19-17(2)15-20(22-21(16)19)24-14-7-6-13-23-18-10-4-3-5-11-18/h3-5,8-12,15H,6-7,13-14H2,1-2H3. The van der Waals surface area contributed by atoms with Gasteiger partial charge in [0.25, 0.3) is 0 Å². The first-order valence-corrected chi connectivity index (χ1v) is 9.40. The summed E-state index contributed by atoms with van der Waals surface area (Å²) in [5.41, 5.74) is 3.68. The van der Waals surface area contributed by atoms with Gasteiger partial charge in [-0.25, -0.2) is 4.98 Å². The third kappa shape index (κ3) is 4.30. The van der Waals surface area contributed by atoms with Crippen LogP contribution in [0.15, 0.2) is 59.6 Å². The minimum atomic E-state index is 0.772. The van der Waals surface area contributed by atoms with E-state index >= 15 is 0 Å². The van der Waals surface area contributed by atoms with Crippen molar-refractivity contribution in [1.82, 2.24) is 4.98 Å². The Bertz CT molecular complexity index is 802. The van der Waals surface area contributed by atoms with Crippen LogP contribution in [0.3, 0.4) is 0 Å². The molecule has 0 amide bonds. The smallest absolute Gasteiger partial charge is 0.119 e. The number of hydrogen-bond acceptors (Lipinski definition) is 3. The lowest BCUT2D eigenvalue weighted by molar-refractivity contribution is 0.310. The van der Waals surface area contributed by atoms with E-state index in [0.29, 0.717) is 0 Å². The van der Waals surface area contributed by atoms with E-state index < -0.39 is 0 Å². The zero-order valence-corrected chi connectivity index (χ0v) is 15.1. The molecule has 0 unspecified atom stereocenters. The minimum absolute atomic E-state index is 0.772. The van der Waals surface area contributed by atoms with E-state index in [1.807, 2.05) is 42.1 Å². The van der Waals surface area contributed by atoms with Gasteiger partial charge in [-0.05, 0) is 61.8 Å². The summed E-state index contributed by atoms with van der Waals surface area (Å²) in [7, 11) is 0. The summed E-state index contributed by atoms with van der Waals surface area (Å²) in [6, 6.07) is 18.6. The molecule has 0 saturated heterocycles. The number of rotatable bonds is 7. The highest BCUT2D eigenvalue weighted by molar-refractivity contribution is 7.99. The summed E-state index contributed by atoms with van der Waals surface area (Å²) in [5.74, 6) is 2.02. The minimum Gasteiger partial charge on any atom is -0.494 e. The fourth-order valence-electron chi connectivity index (χ4n) is 2.69. The number of aromatic nitrogens is 1. The van der Waals surface area contributed by atoms with Crippen LogP contribution in [0.1, 0.15) is 24.0 Å². The summed E-state index contributed by atoms with van der Waals surface area (Å²) < 4.78 is 5.73. The monoisotopic (exact) mass is 337 g/mol. The van der Waals surface area contributed by atoms with Gasteiger partial charge in [0.2, 0.25) is 0 Å². The van der Waals surface area contributed by atoms with Gasteiger partial charge in [0, 0.05) is 5.39 Å². The first-order chi connectivity index (χ1) is 11.7. The van der Waals surface area contributed by atoms with Crippen LogP contribution in [0.25, 0.3) is 10.9 Å². The lowest BCUT2D eigenvalue weighted by atomic mass is 10.1. The van der Waals surface area contributed by atoms with Crippen LogP contribution >= 0.6 is 11.8 Å². The lowest BCUT2D eigenvalue weighted by Gasteiger charge is -2.08. The van der Waals surface area contributed by atoms with E-state index in [1.54, 1.807) is 0 Å². The number of benzene rings is 2. The maximum Gasteiger partial charge on any atom is 0.119 e. The highest BCUT2D eigenvalue weighted by Gasteiger charge is 2.05. The van der Waals surface area contributed by atoms with Gasteiger partial charge < -0.3 is 4.74 Å². The Labute approximate surface area is 148 Å². The van der Waals surface area contributed by atoms with Crippen molar-refractivity contribution in [2.45, 2.75) is 31.7 Å². The van der Waals surface area contributed by atoms with Crippen LogP contribution in [-0.4, -0.2) is 17.3 Å². The Morgan fingerprint density at radius 3 is 2.58 bits per heavy atom. The molecular weight excluding hydrogens is 314 g/mol.